The summed E-state index contributed by atoms with van der Waals surface area (Å²) in [6.07, 6.45) is 4.79. The quantitative estimate of drug-likeness (QED) is 0.805. The molecule has 0 atom stereocenters. The van der Waals surface area contributed by atoms with Gasteiger partial charge in [-0.05, 0) is 59.8 Å². The molecule has 0 saturated heterocycles. The molecule has 21 heavy (non-hydrogen) atoms. The largest absolute Gasteiger partial charge is 0.476 e. The highest BCUT2D eigenvalue weighted by Gasteiger charge is 2.25. The number of hydrogen-bond acceptors (Lipinski definition) is 2. The molecule has 0 aliphatic heterocycles. The number of rotatable bonds is 2. The first-order valence-electron chi connectivity index (χ1n) is 6.87. The summed E-state index contributed by atoms with van der Waals surface area (Å²) in [5, 5.41) is 14.3. The summed E-state index contributed by atoms with van der Waals surface area (Å²) in [7, 11) is 0. The average Bonchev–Trinajstić information content (AvgIpc) is 2.64. The molecule has 0 saturated carbocycles. The number of nitrogens with zero attached hydrogens (tertiary/aromatic N) is 2. The molecule has 110 valence electrons. The number of halogens is 2. The van der Waals surface area contributed by atoms with Crippen LogP contribution in [0.5, 0.6) is 0 Å². The second-order valence-corrected chi connectivity index (χ2v) is 6.44. The molecule has 1 aliphatic rings. The topological polar surface area (TPSA) is 55.1 Å². The van der Waals surface area contributed by atoms with Crippen molar-refractivity contribution in [2.45, 2.75) is 32.1 Å². The van der Waals surface area contributed by atoms with E-state index >= 15 is 0 Å². The monoisotopic (exact) mass is 368 g/mol. The Balaban J connectivity index is 2.23. The molecule has 0 amide bonds. The van der Waals surface area contributed by atoms with Crippen molar-refractivity contribution in [2.24, 2.45) is 0 Å². The van der Waals surface area contributed by atoms with Gasteiger partial charge in [-0.25, -0.2) is 9.48 Å². The van der Waals surface area contributed by atoms with Crippen molar-refractivity contribution < 1.29 is 9.90 Å². The highest BCUT2D eigenvalue weighted by atomic mass is 79.9. The second-order valence-electron chi connectivity index (χ2n) is 5.15. The van der Waals surface area contributed by atoms with Crippen molar-refractivity contribution in [3.63, 3.8) is 0 Å². The van der Waals surface area contributed by atoms with Gasteiger partial charge in [-0.2, -0.15) is 5.10 Å². The van der Waals surface area contributed by atoms with Gasteiger partial charge in [0.1, 0.15) is 0 Å². The summed E-state index contributed by atoms with van der Waals surface area (Å²) in [5.74, 6) is -0.968. The van der Waals surface area contributed by atoms with E-state index in [1.54, 1.807) is 16.8 Å². The molecule has 0 radical (unpaired) electrons. The van der Waals surface area contributed by atoms with Crippen LogP contribution < -0.4 is 0 Å². The second kappa shape index (κ2) is 5.81. The standard InChI is InChI=1S/C15H14BrClN2O2/c16-11-7-6-9(17)8-13(11)19-12-5-3-1-2-4-10(12)14(18-19)15(20)21/h6-8H,1-5H2,(H,20,21). The zero-order chi connectivity index (χ0) is 15.0. The SMILES string of the molecule is O=C(O)c1nn(-c2cc(Cl)ccc2Br)c2c1CCCCC2. The van der Waals surface area contributed by atoms with Gasteiger partial charge in [0.15, 0.2) is 5.69 Å². The van der Waals surface area contributed by atoms with Crippen molar-refractivity contribution >= 4 is 33.5 Å². The van der Waals surface area contributed by atoms with Gasteiger partial charge < -0.3 is 5.11 Å². The van der Waals surface area contributed by atoms with Crippen LogP contribution in [0.4, 0.5) is 0 Å². The van der Waals surface area contributed by atoms with E-state index in [-0.39, 0.29) is 5.69 Å². The molecule has 0 fully saturated rings. The molecule has 1 aromatic carbocycles. The number of carbonyl (C=O) groups is 1. The van der Waals surface area contributed by atoms with Gasteiger partial charge in [-0.15, -0.1) is 0 Å². The molecule has 0 unspecified atom stereocenters. The summed E-state index contributed by atoms with van der Waals surface area (Å²) >= 11 is 9.57. The van der Waals surface area contributed by atoms with Crippen LogP contribution >= 0.6 is 27.5 Å². The van der Waals surface area contributed by atoms with Crippen molar-refractivity contribution in [3.05, 3.63) is 44.6 Å². The lowest BCUT2D eigenvalue weighted by molar-refractivity contribution is 0.0688. The minimum atomic E-state index is -0.968. The van der Waals surface area contributed by atoms with Crippen LogP contribution in [0.25, 0.3) is 5.69 Å². The fourth-order valence-electron chi connectivity index (χ4n) is 2.79. The lowest BCUT2D eigenvalue weighted by Crippen LogP contribution is -2.05. The summed E-state index contributed by atoms with van der Waals surface area (Å²) in [4.78, 5) is 11.5. The Labute approximate surface area is 135 Å². The van der Waals surface area contributed by atoms with E-state index in [0.29, 0.717) is 5.02 Å². The molecule has 1 aliphatic carbocycles. The van der Waals surface area contributed by atoms with Gasteiger partial charge in [0.05, 0.1) is 5.69 Å². The van der Waals surface area contributed by atoms with Crippen LogP contribution in [-0.4, -0.2) is 20.9 Å². The molecule has 0 bridgehead atoms. The Morgan fingerprint density at radius 2 is 2.05 bits per heavy atom. The third-order valence-corrected chi connectivity index (χ3v) is 4.67. The van der Waals surface area contributed by atoms with Gasteiger partial charge >= 0.3 is 5.97 Å². The first kappa shape index (κ1) is 14.6. The Morgan fingerprint density at radius 3 is 2.81 bits per heavy atom. The summed E-state index contributed by atoms with van der Waals surface area (Å²) in [6, 6.07) is 5.44. The molecule has 1 aromatic heterocycles. The predicted octanol–water partition coefficient (Wildman–Crippen LogP) is 4.26. The molecular formula is C15H14BrClN2O2. The number of benzene rings is 1. The number of aromatic carboxylic acids is 1. The Hall–Kier alpha value is -1.33. The molecule has 3 rings (SSSR count). The van der Waals surface area contributed by atoms with Crippen molar-refractivity contribution in [1.82, 2.24) is 9.78 Å². The zero-order valence-corrected chi connectivity index (χ0v) is 13.6. The van der Waals surface area contributed by atoms with Gasteiger partial charge in [0.25, 0.3) is 0 Å². The van der Waals surface area contributed by atoms with Gasteiger partial charge in [-0.3, -0.25) is 0 Å². The van der Waals surface area contributed by atoms with Gasteiger partial charge in [-0.1, -0.05) is 18.0 Å². The lowest BCUT2D eigenvalue weighted by Gasteiger charge is -2.10. The fraction of sp³-hybridized carbons (Fsp3) is 0.333. The minimum absolute atomic E-state index is 0.166. The molecule has 1 heterocycles. The number of carboxylic acid groups (broad SMARTS) is 1. The van der Waals surface area contributed by atoms with E-state index in [4.69, 9.17) is 11.6 Å². The third kappa shape index (κ3) is 2.72. The minimum Gasteiger partial charge on any atom is -0.476 e. The van der Waals surface area contributed by atoms with E-state index in [1.165, 1.54) is 0 Å². The molecule has 6 heteroatoms. The summed E-state index contributed by atoms with van der Waals surface area (Å²) < 4.78 is 2.58. The van der Waals surface area contributed by atoms with Crippen LogP contribution in [0.15, 0.2) is 22.7 Å². The first-order chi connectivity index (χ1) is 10.1. The van der Waals surface area contributed by atoms with E-state index in [9.17, 15) is 9.90 Å². The Morgan fingerprint density at radius 1 is 1.29 bits per heavy atom. The van der Waals surface area contributed by atoms with Crippen molar-refractivity contribution in [3.8, 4) is 5.69 Å². The van der Waals surface area contributed by atoms with E-state index < -0.39 is 5.97 Å². The number of hydrogen-bond donors (Lipinski definition) is 1. The van der Waals surface area contributed by atoms with Gasteiger partial charge in [0, 0.05) is 20.8 Å². The lowest BCUT2D eigenvalue weighted by atomic mass is 10.1. The van der Waals surface area contributed by atoms with Crippen LogP contribution in [0.2, 0.25) is 5.02 Å². The Bertz CT molecular complexity index is 712. The Kier molecular flexibility index (Phi) is 4.04. The van der Waals surface area contributed by atoms with Crippen LogP contribution in [-0.2, 0) is 12.8 Å². The fourth-order valence-corrected chi connectivity index (χ4v) is 3.38. The maximum absolute atomic E-state index is 11.5. The molecule has 0 spiro atoms. The maximum atomic E-state index is 11.5. The number of carboxylic acids is 1. The van der Waals surface area contributed by atoms with Crippen LogP contribution in [0.3, 0.4) is 0 Å². The molecule has 1 N–H and O–H groups in total. The first-order valence-corrected chi connectivity index (χ1v) is 8.04. The average molecular weight is 370 g/mol. The van der Waals surface area contributed by atoms with Crippen molar-refractivity contribution in [1.29, 1.82) is 0 Å². The smallest absolute Gasteiger partial charge is 0.356 e. The normalized spacial score (nSPS) is 14.6. The van der Waals surface area contributed by atoms with E-state index in [2.05, 4.69) is 21.0 Å². The highest BCUT2D eigenvalue weighted by molar-refractivity contribution is 9.10. The third-order valence-electron chi connectivity index (χ3n) is 3.77. The zero-order valence-electron chi connectivity index (χ0n) is 11.3. The highest BCUT2D eigenvalue weighted by Crippen LogP contribution is 2.30. The predicted molar refractivity (Wildman–Crippen MR) is 84.5 cm³/mol. The van der Waals surface area contributed by atoms with E-state index in [1.807, 2.05) is 6.07 Å². The molecular weight excluding hydrogens is 356 g/mol. The molecule has 4 nitrogen and oxygen atoms in total. The van der Waals surface area contributed by atoms with Crippen molar-refractivity contribution in [2.75, 3.05) is 0 Å². The summed E-state index contributed by atoms with van der Waals surface area (Å²) in [5.41, 5.74) is 2.81. The van der Waals surface area contributed by atoms with E-state index in [0.717, 1.165) is 53.5 Å². The number of aromatic nitrogens is 2. The van der Waals surface area contributed by atoms with Crippen LogP contribution in [0, 0.1) is 0 Å². The number of fused-ring (bicyclic) bond motifs is 1. The van der Waals surface area contributed by atoms with Crippen LogP contribution in [0.1, 0.15) is 41.0 Å². The maximum Gasteiger partial charge on any atom is 0.356 e. The molecule has 2 aromatic rings. The summed E-state index contributed by atoms with van der Waals surface area (Å²) in [6.45, 7) is 0. The van der Waals surface area contributed by atoms with Gasteiger partial charge in [0.2, 0.25) is 0 Å².